The highest BCUT2D eigenvalue weighted by Gasteiger charge is 2.05. The maximum atomic E-state index is 11.2. The zero-order valence-corrected chi connectivity index (χ0v) is 15.5. The zero-order chi connectivity index (χ0) is 19.5. The van der Waals surface area contributed by atoms with Crippen LogP contribution in [0, 0.1) is 0 Å². The van der Waals surface area contributed by atoms with Crippen LogP contribution in [0.2, 0.25) is 0 Å². The summed E-state index contributed by atoms with van der Waals surface area (Å²) in [6.07, 6.45) is 0.809. The predicted molar refractivity (Wildman–Crippen MR) is 110 cm³/mol. The third-order valence-corrected chi connectivity index (χ3v) is 3.78. The van der Waals surface area contributed by atoms with Crippen molar-refractivity contribution in [2.24, 2.45) is 0 Å². The van der Waals surface area contributed by atoms with Gasteiger partial charge < -0.3 is 9.84 Å². The van der Waals surface area contributed by atoms with E-state index in [1.54, 1.807) is 0 Å². The molecular weight excluding hydrogens is 336 g/mol. The van der Waals surface area contributed by atoms with Crippen LogP contribution in [0.3, 0.4) is 0 Å². The highest BCUT2D eigenvalue weighted by atomic mass is 16.5. The van der Waals surface area contributed by atoms with Crippen LogP contribution in [-0.2, 0) is 4.74 Å². The van der Waals surface area contributed by atoms with Crippen LogP contribution in [0.5, 0.6) is 5.75 Å². The molecule has 0 aliphatic carbocycles. The van der Waals surface area contributed by atoms with Crippen molar-refractivity contribution in [3.05, 3.63) is 108 Å². The minimum absolute atomic E-state index is 0.145. The van der Waals surface area contributed by atoms with Crippen molar-refractivity contribution in [2.75, 3.05) is 6.61 Å². The Hall–Kier alpha value is -3.33. The smallest absolute Gasteiger partial charge is 0.338 e. The van der Waals surface area contributed by atoms with Gasteiger partial charge in [-0.3, -0.25) is 0 Å². The summed E-state index contributed by atoms with van der Waals surface area (Å²) in [4.78, 5) is 11.2. The first-order valence-electron chi connectivity index (χ1n) is 8.87. The van der Waals surface area contributed by atoms with Crippen molar-refractivity contribution in [1.82, 2.24) is 0 Å². The Bertz CT molecular complexity index is 796. The molecule has 3 rings (SSSR count). The first-order valence-corrected chi connectivity index (χ1v) is 8.87. The third kappa shape index (κ3) is 6.48. The Morgan fingerprint density at radius 3 is 1.74 bits per heavy atom. The SMILES string of the molecule is C=C(c1ccccc1)c1ccccc1.CCCOC(=O)c1ccc(O)cc1. The molecular formula is C24H24O3. The number of ether oxygens (including phenoxy) is 1. The lowest BCUT2D eigenvalue weighted by molar-refractivity contribution is 0.0505. The fourth-order valence-electron chi connectivity index (χ4n) is 2.32. The van der Waals surface area contributed by atoms with Gasteiger partial charge in [-0.1, -0.05) is 74.2 Å². The van der Waals surface area contributed by atoms with E-state index in [1.165, 1.54) is 35.4 Å². The van der Waals surface area contributed by atoms with Gasteiger partial charge in [0.2, 0.25) is 0 Å². The van der Waals surface area contributed by atoms with Gasteiger partial charge in [0.25, 0.3) is 0 Å². The molecule has 0 saturated heterocycles. The molecule has 0 saturated carbocycles. The van der Waals surface area contributed by atoms with Crippen molar-refractivity contribution < 1.29 is 14.6 Å². The first kappa shape index (κ1) is 20.0. The number of hydrogen-bond acceptors (Lipinski definition) is 3. The Morgan fingerprint density at radius 2 is 1.30 bits per heavy atom. The lowest BCUT2D eigenvalue weighted by Gasteiger charge is -2.04. The monoisotopic (exact) mass is 360 g/mol. The number of aromatic hydroxyl groups is 1. The van der Waals surface area contributed by atoms with Crippen LogP contribution >= 0.6 is 0 Å². The molecule has 138 valence electrons. The molecule has 3 aromatic rings. The minimum atomic E-state index is -0.346. The summed E-state index contributed by atoms with van der Waals surface area (Å²) in [5.41, 5.74) is 3.90. The van der Waals surface area contributed by atoms with Crippen LogP contribution in [0.15, 0.2) is 91.5 Å². The van der Waals surface area contributed by atoms with Gasteiger partial charge in [-0.25, -0.2) is 4.79 Å². The molecule has 3 nitrogen and oxygen atoms in total. The second-order valence-corrected chi connectivity index (χ2v) is 5.89. The van der Waals surface area contributed by atoms with E-state index >= 15 is 0 Å². The summed E-state index contributed by atoms with van der Waals surface area (Å²) in [6.45, 7) is 6.46. The van der Waals surface area contributed by atoms with E-state index in [0.29, 0.717) is 12.2 Å². The van der Waals surface area contributed by atoms with Crippen molar-refractivity contribution in [3.8, 4) is 5.75 Å². The van der Waals surface area contributed by atoms with Gasteiger partial charge in [0.1, 0.15) is 5.75 Å². The van der Waals surface area contributed by atoms with Gasteiger partial charge in [0.05, 0.1) is 12.2 Å². The number of carbonyl (C=O) groups excluding carboxylic acids is 1. The van der Waals surface area contributed by atoms with E-state index in [2.05, 4.69) is 30.8 Å². The van der Waals surface area contributed by atoms with Crippen LogP contribution in [0.4, 0.5) is 0 Å². The highest BCUT2D eigenvalue weighted by molar-refractivity contribution is 5.89. The summed E-state index contributed by atoms with van der Waals surface area (Å²) in [5, 5.41) is 8.96. The highest BCUT2D eigenvalue weighted by Crippen LogP contribution is 2.20. The first-order chi connectivity index (χ1) is 13.1. The molecule has 0 aromatic heterocycles. The molecule has 3 heteroatoms. The topological polar surface area (TPSA) is 46.5 Å². The molecule has 0 amide bonds. The van der Waals surface area contributed by atoms with E-state index in [0.717, 1.165) is 12.0 Å². The van der Waals surface area contributed by atoms with E-state index < -0.39 is 0 Å². The largest absolute Gasteiger partial charge is 0.508 e. The average molecular weight is 360 g/mol. The Kier molecular flexibility index (Phi) is 7.86. The molecule has 0 radical (unpaired) electrons. The van der Waals surface area contributed by atoms with Crippen molar-refractivity contribution in [3.63, 3.8) is 0 Å². The maximum Gasteiger partial charge on any atom is 0.338 e. The van der Waals surface area contributed by atoms with E-state index in [4.69, 9.17) is 9.84 Å². The van der Waals surface area contributed by atoms with E-state index in [-0.39, 0.29) is 11.7 Å². The Morgan fingerprint density at radius 1 is 0.815 bits per heavy atom. The molecule has 1 N–H and O–H groups in total. The lowest BCUT2D eigenvalue weighted by Crippen LogP contribution is -2.05. The van der Waals surface area contributed by atoms with Crippen molar-refractivity contribution in [1.29, 1.82) is 0 Å². The average Bonchev–Trinajstić information content (AvgIpc) is 2.73. The number of rotatable bonds is 5. The summed E-state index contributed by atoms with van der Waals surface area (Å²) in [5.74, 6) is -0.200. The van der Waals surface area contributed by atoms with Gasteiger partial charge in [-0.05, 0) is 47.4 Å². The van der Waals surface area contributed by atoms with Gasteiger partial charge in [0, 0.05) is 0 Å². The summed E-state index contributed by atoms with van der Waals surface area (Å²) >= 11 is 0. The minimum Gasteiger partial charge on any atom is -0.508 e. The van der Waals surface area contributed by atoms with Crippen molar-refractivity contribution >= 4 is 11.5 Å². The second-order valence-electron chi connectivity index (χ2n) is 5.89. The van der Waals surface area contributed by atoms with Crippen molar-refractivity contribution in [2.45, 2.75) is 13.3 Å². The van der Waals surface area contributed by atoms with E-state index in [9.17, 15) is 4.79 Å². The number of phenols is 1. The van der Waals surface area contributed by atoms with Gasteiger partial charge in [0.15, 0.2) is 0 Å². The molecule has 27 heavy (non-hydrogen) atoms. The molecule has 0 atom stereocenters. The number of phenolic OH excluding ortho intramolecular Hbond substituents is 1. The predicted octanol–water partition coefficient (Wildman–Crippen LogP) is 5.71. The molecule has 0 aliphatic rings. The zero-order valence-electron chi connectivity index (χ0n) is 15.5. The van der Waals surface area contributed by atoms with Gasteiger partial charge in [-0.15, -0.1) is 0 Å². The summed E-state index contributed by atoms with van der Waals surface area (Å²) in [6, 6.07) is 26.5. The Labute approximate surface area is 160 Å². The number of carbonyl (C=O) groups is 1. The quantitative estimate of drug-likeness (QED) is 0.593. The Balaban J connectivity index is 0.000000194. The molecule has 0 spiro atoms. The van der Waals surface area contributed by atoms with E-state index in [1.807, 2.05) is 43.3 Å². The molecule has 3 aromatic carbocycles. The normalized spacial score (nSPS) is 9.67. The molecule has 0 bridgehead atoms. The molecule has 0 aliphatic heterocycles. The van der Waals surface area contributed by atoms with Gasteiger partial charge in [-0.2, -0.15) is 0 Å². The maximum absolute atomic E-state index is 11.2. The lowest BCUT2D eigenvalue weighted by atomic mass is 10.0. The fraction of sp³-hybridized carbons (Fsp3) is 0.125. The summed E-state index contributed by atoms with van der Waals surface area (Å²) in [7, 11) is 0. The van der Waals surface area contributed by atoms with Crippen LogP contribution in [-0.4, -0.2) is 17.7 Å². The van der Waals surface area contributed by atoms with Crippen LogP contribution in [0.25, 0.3) is 5.57 Å². The standard InChI is InChI=1S/C14H12.C10H12O3/c1-12(13-8-4-2-5-9-13)14-10-6-3-7-11-14;1-2-7-13-10(12)8-3-5-9(11)6-4-8/h2-11H,1H2;3-6,11H,2,7H2,1H3. The van der Waals surface area contributed by atoms with Gasteiger partial charge >= 0.3 is 5.97 Å². The number of esters is 1. The number of benzene rings is 3. The molecule has 0 unspecified atom stereocenters. The fourth-order valence-corrected chi connectivity index (χ4v) is 2.32. The van der Waals surface area contributed by atoms with Crippen LogP contribution in [0.1, 0.15) is 34.8 Å². The second kappa shape index (κ2) is 10.6. The van der Waals surface area contributed by atoms with Crippen LogP contribution < -0.4 is 0 Å². The third-order valence-electron chi connectivity index (χ3n) is 3.78. The number of hydrogen-bond donors (Lipinski definition) is 1. The molecule has 0 heterocycles. The summed E-state index contributed by atoms with van der Waals surface area (Å²) < 4.78 is 4.90. The molecule has 0 fully saturated rings.